The molecule has 1 aromatic heterocycles. The summed E-state index contributed by atoms with van der Waals surface area (Å²) in [4.78, 5) is 35.4. The summed E-state index contributed by atoms with van der Waals surface area (Å²) in [6.07, 6.45) is 5.87. The lowest BCUT2D eigenvalue weighted by Crippen LogP contribution is -2.53. The Morgan fingerprint density at radius 3 is 2.34 bits per heavy atom. The quantitative estimate of drug-likeness (QED) is 0.380. The minimum Gasteiger partial charge on any atom is -0.453 e. The molecule has 1 aliphatic rings. The minimum atomic E-state index is -0.919. The molecule has 1 atom stereocenters. The smallest absolute Gasteiger partial charge is 0.306 e. The number of carbonyl (C=O) groups is 2. The molecule has 2 rings (SSSR count). The van der Waals surface area contributed by atoms with Crippen molar-refractivity contribution in [3.05, 3.63) is 17.0 Å². The molecule has 29 heavy (non-hydrogen) atoms. The topological polar surface area (TPSA) is 96.2 Å². The third kappa shape index (κ3) is 5.47. The Bertz CT molecular complexity index is 777. The van der Waals surface area contributed by atoms with Crippen LogP contribution >= 0.6 is 11.8 Å². The van der Waals surface area contributed by atoms with Crippen LogP contribution in [0.5, 0.6) is 0 Å². The van der Waals surface area contributed by atoms with E-state index >= 15 is 0 Å². The molecule has 1 aromatic rings. The monoisotopic (exact) mass is 418 g/mol. The van der Waals surface area contributed by atoms with E-state index in [0.717, 1.165) is 36.2 Å². The van der Waals surface area contributed by atoms with Crippen molar-refractivity contribution >= 4 is 23.6 Å². The molecule has 1 amide bonds. The Balaban J connectivity index is 1.95. The summed E-state index contributed by atoms with van der Waals surface area (Å²) in [6.45, 7) is 5.38. The zero-order chi connectivity index (χ0) is 21.6. The lowest BCUT2D eigenvalue weighted by Gasteiger charge is -2.39. The zero-order valence-corrected chi connectivity index (χ0v) is 18.8. The average Bonchev–Trinajstić information content (AvgIpc) is 2.72. The molecular formula is C21H30N4O3S. The van der Waals surface area contributed by atoms with Gasteiger partial charge in [-0.1, -0.05) is 31.0 Å². The second kappa shape index (κ2) is 10.1. The predicted molar refractivity (Wildman–Crippen MR) is 111 cm³/mol. The van der Waals surface area contributed by atoms with Gasteiger partial charge in [0.05, 0.1) is 6.07 Å². The molecule has 1 saturated carbocycles. The summed E-state index contributed by atoms with van der Waals surface area (Å²) in [5.74, 6) is -0.775. The van der Waals surface area contributed by atoms with E-state index in [2.05, 4.69) is 16.0 Å². The number of carbonyl (C=O) groups excluding carboxylic acids is 2. The molecule has 0 radical (unpaired) electrons. The van der Waals surface area contributed by atoms with Crippen LogP contribution in [-0.2, 0) is 20.7 Å². The highest BCUT2D eigenvalue weighted by molar-refractivity contribution is 7.98. The maximum atomic E-state index is 12.8. The Morgan fingerprint density at radius 2 is 1.83 bits per heavy atom. The first-order valence-electron chi connectivity index (χ1n) is 10.0. The Morgan fingerprint density at radius 1 is 1.24 bits per heavy atom. The summed E-state index contributed by atoms with van der Waals surface area (Å²) >= 11 is 1.48. The number of aryl methyl sites for hydroxylation is 2. The van der Waals surface area contributed by atoms with E-state index in [1.807, 2.05) is 20.1 Å². The van der Waals surface area contributed by atoms with Gasteiger partial charge in [-0.25, -0.2) is 9.97 Å². The highest BCUT2D eigenvalue weighted by Crippen LogP contribution is 2.33. The lowest BCUT2D eigenvalue weighted by atomic mass is 9.81. The molecule has 0 aromatic carbocycles. The van der Waals surface area contributed by atoms with Crippen LogP contribution in [0.3, 0.4) is 0 Å². The molecule has 8 heteroatoms. The van der Waals surface area contributed by atoms with E-state index in [-0.39, 0.29) is 12.3 Å². The number of nitrogens with zero attached hydrogens (tertiary/aromatic N) is 4. The second-order valence-electron chi connectivity index (χ2n) is 7.59. The summed E-state index contributed by atoms with van der Waals surface area (Å²) < 4.78 is 5.38. The van der Waals surface area contributed by atoms with Gasteiger partial charge < -0.3 is 9.64 Å². The fraction of sp³-hybridized carbons (Fsp3) is 0.667. The van der Waals surface area contributed by atoms with Gasteiger partial charge in [0, 0.05) is 24.9 Å². The van der Waals surface area contributed by atoms with E-state index in [1.54, 1.807) is 14.0 Å². The van der Waals surface area contributed by atoms with Crippen LogP contribution < -0.4 is 0 Å². The molecule has 0 N–H and O–H groups in total. The number of amides is 1. The summed E-state index contributed by atoms with van der Waals surface area (Å²) in [5.41, 5.74) is 1.85. The molecular weight excluding hydrogens is 388 g/mol. The Kier molecular flexibility index (Phi) is 8.03. The van der Waals surface area contributed by atoms with Crippen LogP contribution in [0.4, 0.5) is 0 Å². The van der Waals surface area contributed by atoms with Crippen molar-refractivity contribution in [2.24, 2.45) is 0 Å². The van der Waals surface area contributed by atoms with Crippen LogP contribution in [0.25, 0.3) is 0 Å². The van der Waals surface area contributed by atoms with Gasteiger partial charge in [0.15, 0.2) is 11.3 Å². The SMILES string of the molecule is CSc1nc(C)c(CCC(=O)O[C@@H](C)C(=O)N(C)C2(C#N)CCCCC2)c(C)n1. The highest BCUT2D eigenvalue weighted by atomic mass is 32.2. The minimum absolute atomic E-state index is 0.147. The van der Waals surface area contributed by atoms with Crippen molar-refractivity contribution in [3.63, 3.8) is 0 Å². The van der Waals surface area contributed by atoms with Gasteiger partial charge in [-0.2, -0.15) is 5.26 Å². The molecule has 1 aliphatic carbocycles. The number of ether oxygens (including phenoxy) is 1. The zero-order valence-electron chi connectivity index (χ0n) is 17.9. The van der Waals surface area contributed by atoms with Crippen molar-refractivity contribution in [2.75, 3.05) is 13.3 Å². The van der Waals surface area contributed by atoms with Crippen molar-refractivity contribution in [1.29, 1.82) is 5.26 Å². The van der Waals surface area contributed by atoms with Crippen LogP contribution in [-0.4, -0.2) is 51.7 Å². The van der Waals surface area contributed by atoms with E-state index in [9.17, 15) is 14.9 Å². The second-order valence-corrected chi connectivity index (χ2v) is 8.37. The van der Waals surface area contributed by atoms with Gasteiger partial charge in [0.1, 0.15) is 5.54 Å². The summed E-state index contributed by atoms with van der Waals surface area (Å²) in [6, 6.07) is 2.32. The Hall–Kier alpha value is -2.14. The van der Waals surface area contributed by atoms with E-state index in [0.29, 0.717) is 24.4 Å². The maximum Gasteiger partial charge on any atom is 0.306 e. The molecule has 0 bridgehead atoms. The van der Waals surface area contributed by atoms with E-state index in [4.69, 9.17) is 4.74 Å². The molecule has 7 nitrogen and oxygen atoms in total. The van der Waals surface area contributed by atoms with E-state index in [1.165, 1.54) is 16.7 Å². The first-order valence-corrected chi connectivity index (χ1v) is 11.2. The van der Waals surface area contributed by atoms with Gasteiger partial charge in [-0.3, -0.25) is 9.59 Å². The maximum absolute atomic E-state index is 12.8. The van der Waals surface area contributed by atoms with Crippen molar-refractivity contribution < 1.29 is 14.3 Å². The number of rotatable bonds is 7. The number of esters is 1. The number of nitriles is 1. The Labute approximate surface area is 177 Å². The first kappa shape index (κ1) is 23.1. The molecule has 0 spiro atoms. The van der Waals surface area contributed by atoms with Crippen molar-refractivity contribution in [2.45, 2.75) is 82.5 Å². The molecule has 0 saturated heterocycles. The summed E-state index contributed by atoms with van der Waals surface area (Å²) in [5, 5.41) is 10.4. The standard InChI is InChI=1S/C21H30N4O3S/c1-14-17(15(2)24-20(23-14)29-5)9-10-18(26)28-16(3)19(27)25(4)21(13-22)11-7-6-8-12-21/h16H,6-12H2,1-5H3/t16-/m0/s1. The fourth-order valence-corrected chi connectivity index (χ4v) is 4.29. The average molecular weight is 419 g/mol. The van der Waals surface area contributed by atoms with Gasteiger partial charge in [0.2, 0.25) is 0 Å². The van der Waals surface area contributed by atoms with Crippen LogP contribution in [0.1, 0.15) is 62.4 Å². The molecule has 1 fully saturated rings. The molecule has 0 unspecified atom stereocenters. The number of likely N-dealkylation sites (N-methyl/N-ethyl adjacent to an activating group) is 1. The number of hydrogen-bond acceptors (Lipinski definition) is 7. The largest absolute Gasteiger partial charge is 0.453 e. The van der Waals surface area contributed by atoms with Crippen molar-refractivity contribution in [1.82, 2.24) is 14.9 Å². The normalized spacial score (nSPS) is 16.6. The number of hydrogen-bond donors (Lipinski definition) is 0. The van der Waals surface area contributed by atoms with Gasteiger partial charge in [-0.05, 0) is 51.9 Å². The number of aromatic nitrogens is 2. The predicted octanol–water partition coefficient (Wildman–Crippen LogP) is 3.36. The first-order chi connectivity index (χ1) is 13.7. The molecule has 158 valence electrons. The molecule has 0 aliphatic heterocycles. The van der Waals surface area contributed by atoms with Crippen molar-refractivity contribution in [3.8, 4) is 6.07 Å². The van der Waals surface area contributed by atoms with E-state index < -0.39 is 17.6 Å². The van der Waals surface area contributed by atoms with Crippen LogP contribution in [0, 0.1) is 25.2 Å². The third-order valence-corrected chi connectivity index (χ3v) is 6.23. The number of thioether (sulfide) groups is 1. The highest BCUT2D eigenvalue weighted by Gasteiger charge is 2.40. The van der Waals surface area contributed by atoms with Gasteiger partial charge in [0.25, 0.3) is 5.91 Å². The van der Waals surface area contributed by atoms with Crippen LogP contribution in [0.15, 0.2) is 5.16 Å². The fourth-order valence-electron chi connectivity index (χ4n) is 3.84. The third-order valence-electron chi connectivity index (χ3n) is 5.68. The lowest BCUT2D eigenvalue weighted by molar-refractivity contribution is -0.160. The van der Waals surface area contributed by atoms with Gasteiger partial charge >= 0.3 is 5.97 Å². The van der Waals surface area contributed by atoms with Gasteiger partial charge in [-0.15, -0.1) is 0 Å². The summed E-state index contributed by atoms with van der Waals surface area (Å²) in [7, 11) is 1.64. The van der Waals surface area contributed by atoms with Crippen LogP contribution in [0.2, 0.25) is 0 Å². The molecule has 1 heterocycles.